The number of esters is 1. The number of benzene rings is 3. The van der Waals surface area contributed by atoms with Crippen LogP contribution in [0.4, 0.5) is 15.3 Å². The first-order valence-electron chi connectivity index (χ1n) is 16.9. The minimum atomic E-state index is -0.622. The lowest BCUT2D eigenvalue weighted by molar-refractivity contribution is -0.143. The van der Waals surface area contributed by atoms with E-state index in [9.17, 15) is 19.2 Å². The van der Waals surface area contributed by atoms with Crippen molar-refractivity contribution in [3.05, 3.63) is 88.9 Å². The van der Waals surface area contributed by atoms with Gasteiger partial charge in [0, 0.05) is 49.6 Å². The maximum atomic E-state index is 14.2. The summed E-state index contributed by atoms with van der Waals surface area (Å²) in [5, 5.41) is 3.15. The van der Waals surface area contributed by atoms with E-state index in [-0.39, 0.29) is 50.5 Å². The molecule has 0 aliphatic carbocycles. The number of halogens is 1. The van der Waals surface area contributed by atoms with Gasteiger partial charge in [-0.1, -0.05) is 54.1 Å². The highest BCUT2D eigenvalue weighted by atomic mass is 35.5. The van der Waals surface area contributed by atoms with E-state index in [2.05, 4.69) is 5.32 Å². The van der Waals surface area contributed by atoms with Gasteiger partial charge in [0.1, 0.15) is 18.0 Å². The lowest BCUT2D eigenvalue weighted by Gasteiger charge is -2.34. The van der Waals surface area contributed by atoms with Crippen LogP contribution in [0.1, 0.15) is 64.5 Å². The molecule has 0 atom stereocenters. The first-order chi connectivity index (χ1) is 23.9. The van der Waals surface area contributed by atoms with Crippen molar-refractivity contribution in [2.24, 2.45) is 5.92 Å². The number of alkyl carbamates (subject to hydrolysis) is 1. The summed E-state index contributed by atoms with van der Waals surface area (Å²) >= 11 is 6.42. The number of likely N-dealkylation sites (tertiary alicyclic amines) is 1. The number of rotatable bonds is 13. The first-order valence-corrected chi connectivity index (χ1v) is 17.3. The molecule has 4 rings (SSSR count). The zero-order chi connectivity index (χ0) is 36.1. The van der Waals surface area contributed by atoms with E-state index in [0.717, 1.165) is 11.1 Å². The van der Waals surface area contributed by atoms with Crippen molar-refractivity contribution in [1.82, 2.24) is 10.2 Å². The monoisotopic (exact) mass is 707 g/mol. The highest BCUT2D eigenvalue weighted by Crippen LogP contribution is 2.37. The molecule has 1 aliphatic rings. The third kappa shape index (κ3) is 12.0. The molecule has 0 saturated carbocycles. The standard InChI is InChI=1S/C38H46ClN3O8/c1-5-47-34(43)15-10-20-42(35(44)29-18-21-41(22-19-29)37(46)48-26-27-11-7-6-8-12-27)32-17-16-30(39)24-33(32)49-31-14-9-13-28(23-31)25-40-36(45)50-38(2,3)4/h6-9,11-14,16-17,23-24,29H,5,10,15,18-22,25-26H2,1-4H3,(H,40,45). The highest BCUT2D eigenvalue weighted by Gasteiger charge is 2.32. The molecular formula is C38H46ClN3O8. The summed E-state index contributed by atoms with van der Waals surface area (Å²) in [6.07, 6.45) is 0.452. The molecule has 268 valence electrons. The Bertz CT molecular complexity index is 1600. The van der Waals surface area contributed by atoms with Crippen LogP contribution >= 0.6 is 11.6 Å². The van der Waals surface area contributed by atoms with Crippen LogP contribution in [0.25, 0.3) is 0 Å². The summed E-state index contributed by atoms with van der Waals surface area (Å²) in [7, 11) is 0. The number of nitrogens with zero attached hydrogens (tertiary/aromatic N) is 2. The van der Waals surface area contributed by atoms with Crippen LogP contribution in [0.15, 0.2) is 72.8 Å². The number of carbonyl (C=O) groups is 4. The zero-order valence-electron chi connectivity index (χ0n) is 29.1. The maximum absolute atomic E-state index is 14.2. The number of carbonyl (C=O) groups excluding carboxylic acids is 4. The van der Waals surface area contributed by atoms with Gasteiger partial charge >= 0.3 is 18.2 Å². The summed E-state index contributed by atoms with van der Waals surface area (Å²) in [5.74, 6) is -0.0405. The first kappa shape index (κ1) is 38.0. The predicted octanol–water partition coefficient (Wildman–Crippen LogP) is 7.88. The van der Waals surface area contributed by atoms with Gasteiger partial charge in [0.25, 0.3) is 0 Å². The van der Waals surface area contributed by atoms with E-state index < -0.39 is 17.8 Å². The molecule has 0 spiro atoms. The Kier molecular flexibility index (Phi) is 13.9. The molecular weight excluding hydrogens is 662 g/mol. The number of hydrogen-bond acceptors (Lipinski definition) is 8. The van der Waals surface area contributed by atoms with Gasteiger partial charge in [-0.2, -0.15) is 0 Å². The van der Waals surface area contributed by atoms with E-state index in [1.54, 1.807) is 73.9 Å². The van der Waals surface area contributed by atoms with Crippen molar-refractivity contribution >= 4 is 41.4 Å². The van der Waals surface area contributed by atoms with Crippen LogP contribution in [0.2, 0.25) is 5.02 Å². The second-order valence-electron chi connectivity index (χ2n) is 12.9. The van der Waals surface area contributed by atoms with Gasteiger partial charge < -0.3 is 34.1 Å². The maximum Gasteiger partial charge on any atom is 0.410 e. The molecule has 50 heavy (non-hydrogen) atoms. The Balaban J connectivity index is 1.48. The van der Waals surface area contributed by atoms with Crippen molar-refractivity contribution in [2.75, 3.05) is 31.1 Å². The van der Waals surface area contributed by atoms with Gasteiger partial charge in [0.2, 0.25) is 5.91 Å². The minimum Gasteiger partial charge on any atom is -0.466 e. The van der Waals surface area contributed by atoms with Gasteiger partial charge in [-0.3, -0.25) is 9.59 Å². The van der Waals surface area contributed by atoms with Crippen molar-refractivity contribution in [2.45, 2.75) is 72.1 Å². The average molecular weight is 708 g/mol. The fourth-order valence-electron chi connectivity index (χ4n) is 5.43. The topological polar surface area (TPSA) is 124 Å². The summed E-state index contributed by atoms with van der Waals surface area (Å²) < 4.78 is 22.3. The van der Waals surface area contributed by atoms with Crippen LogP contribution in [0, 0.1) is 5.92 Å². The molecule has 1 aliphatic heterocycles. The molecule has 1 fully saturated rings. The molecule has 1 N–H and O–H groups in total. The molecule has 0 unspecified atom stereocenters. The molecule has 3 aromatic carbocycles. The van der Waals surface area contributed by atoms with Crippen LogP contribution in [0.5, 0.6) is 11.5 Å². The lowest BCUT2D eigenvalue weighted by Crippen LogP contribution is -2.45. The van der Waals surface area contributed by atoms with Gasteiger partial charge in [0.15, 0.2) is 5.75 Å². The number of ether oxygens (including phenoxy) is 4. The van der Waals surface area contributed by atoms with Crippen molar-refractivity contribution < 1.29 is 38.1 Å². The number of nitrogens with one attached hydrogen (secondary N) is 1. The Labute approximate surface area is 298 Å². The van der Waals surface area contributed by atoms with E-state index in [1.807, 2.05) is 36.4 Å². The van der Waals surface area contributed by atoms with Gasteiger partial charge in [0.05, 0.1) is 12.3 Å². The fourth-order valence-corrected chi connectivity index (χ4v) is 5.59. The van der Waals surface area contributed by atoms with Crippen LogP contribution < -0.4 is 15.0 Å². The largest absolute Gasteiger partial charge is 0.466 e. The third-order valence-corrected chi connectivity index (χ3v) is 8.05. The molecule has 1 heterocycles. The Morgan fingerprint density at radius 2 is 1.64 bits per heavy atom. The third-order valence-electron chi connectivity index (χ3n) is 7.82. The Hall–Kier alpha value is -4.77. The lowest BCUT2D eigenvalue weighted by atomic mass is 9.95. The summed E-state index contributed by atoms with van der Waals surface area (Å²) in [6.45, 7) is 8.76. The van der Waals surface area contributed by atoms with Crippen LogP contribution in [-0.2, 0) is 37.0 Å². The number of hydrogen-bond donors (Lipinski definition) is 1. The zero-order valence-corrected chi connectivity index (χ0v) is 29.9. The Morgan fingerprint density at radius 3 is 2.34 bits per heavy atom. The Morgan fingerprint density at radius 1 is 0.920 bits per heavy atom. The van der Waals surface area contributed by atoms with Crippen LogP contribution in [0.3, 0.4) is 0 Å². The quantitative estimate of drug-likeness (QED) is 0.141. The highest BCUT2D eigenvalue weighted by molar-refractivity contribution is 6.30. The van der Waals surface area contributed by atoms with Crippen LogP contribution in [-0.4, -0.2) is 60.8 Å². The molecule has 0 radical (unpaired) electrons. The smallest absolute Gasteiger partial charge is 0.410 e. The van der Waals surface area contributed by atoms with Gasteiger partial charge in [-0.25, -0.2) is 9.59 Å². The predicted molar refractivity (Wildman–Crippen MR) is 190 cm³/mol. The molecule has 3 amide bonds. The SMILES string of the molecule is CCOC(=O)CCCN(C(=O)C1CCN(C(=O)OCc2ccccc2)CC1)c1ccc(Cl)cc1Oc1cccc(CNC(=O)OC(C)(C)C)c1. The summed E-state index contributed by atoms with van der Waals surface area (Å²) in [6, 6.07) is 21.7. The van der Waals surface area contributed by atoms with E-state index >= 15 is 0 Å². The molecule has 0 aromatic heterocycles. The molecule has 3 aromatic rings. The fraction of sp³-hybridized carbons (Fsp3) is 0.421. The summed E-state index contributed by atoms with van der Waals surface area (Å²) in [4.78, 5) is 54.6. The molecule has 0 bridgehead atoms. The summed E-state index contributed by atoms with van der Waals surface area (Å²) in [5.41, 5.74) is 1.54. The van der Waals surface area contributed by atoms with E-state index in [0.29, 0.717) is 54.6 Å². The van der Waals surface area contributed by atoms with Crippen molar-refractivity contribution in [3.63, 3.8) is 0 Å². The average Bonchev–Trinajstić information content (AvgIpc) is 3.08. The van der Waals surface area contributed by atoms with Crippen molar-refractivity contribution in [1.29, 1.82) is 0 Å². The number of anilines is 1. The van der Waals surface area contributed by atoms with Gasteiger partial charge in [-0.15, -0.1) is 0 Å². The number of amides is 3. The van der Waals surface area contributed by atoms with Crippen molar-refractivity contribution in [3.8, 4) is 11.5 Å². The minimum absolute atomic E-state index is 0.139. The van der Waals surface area contributed by atoms with E-state index in [1.165, 1.54) is 0 Å². The normalized spacial score (nSPS) is 13.3. The van der Waals surface area contributed by atoms with Gasteiger partial charge in [-0.05, 0) is 82.3 Å². The molecule has 1 saturated heterocycles. The number of piperidine rings is 1. The second kappa shape index (κ2) is 18.3. The molecule has 11 nitrogen and oxygen atoms in total. The second-order valence-corrected chi connectivity index (χ2v) is 13.4. The van der Waals surface area contributed by atoms with E-state index in [4.69, 9.17) is 30.5 Å². The molecule has 12 heteroatoms.